The maximum absolute atomic E-state index is 12.4. The zero-order valence-corrected chi connectivity index (χ0v) is 14.2. The molecular formula is C17H20N2O3S. The molecule has 1 aromatic carbocycles. The Balaban J connectivity index is 2.19. The SMILES string of the molecule is Cc1nc(-c2ccccc2)sc1C(=O)N[C@H](CC(C)C)C(=O)O. The topological polar surface area (TPSA) is 79.3 Å². The normalized spacial score (nSPS) is 12.2. The van der Waals surface area contributed by atoms with Crippen LogP contribution in [0.5, 0.6) is 0 Å². The number of aliphatic carboxylic acids is 1. The van der Waals surface area contributed by atoms with Gasteiger partial charge in [0.25, 0.3) is 5.91 Å². The van der Waals surface area contributed by atoms with Crippen molar-refractivity contribution in [3.8, 4) is 10.6 Å². The van der Waals surface area contributed by atoms with Crippen molar-refractivity contribution in [1.29, 1.82) is 0 Å². The second kappa shape index (κ2) is 7.37. The number of carbonyl (C=O) groups is 2. The van der Waals surface area contributed by atoms with Crippen LogP contribution in [0.15, 0.2) is 30.3 Å². The summed E-state index contributed by atoms with van der Waals surface area (Å²) in [4.78, 5) is 28.6. The van der Waals surface area contributed by atoms with E-state index in [1.54, 1.807) is 6.92 Å². The lowest BCUT2D eigenvalue weighted by molar-refractivity contribution is -0.139. The Morgan fingerprint density at radius 3 is 2.48 bits per heavy atom. The molecule has 0 aliphatic carbocycles. The maximum atomic E-state index is 12.4. The van der Waals surface area contributed by atoms with Gasteiger partial charge in [-0.3, -0.25) is 4.79 Å². The molecule has 0 radical (unpaired) electrons. The van der Waals surface area contributed by atoms with Gasteiger partial charge in [-0.05, 0) is 19.3 Å². The Morgan fingerprint density at radius 1 is 1.26 bits per heavy atom. The van der Waals surface area contributed by atoms with E-state index in [4.69, 9.17) is 0 Å². The van der Waals surface area contributed by atoms with Gasteiger partial charge in [-0.2, -0.15) is 0 Å². The lowest BCUT2D eigenvalue weighted by atomic mass is 10.0. The summed E-state index contributed by atoms with van der Waals surface area (Å²) in [6.45, 7) is 5.61. The van der Waals surface area contributed by atoms with Crippen molar-refractivity contribution < 1.29 is 14.7 Å². The predicted octanol–water partition coefficient (Wildman–Crippen LogP) is 3.35. The number of thiazole rings is 1. The van der Waals surface area contributed by atoms with Crippen molar-refractivity contribution in [3.05, 3.63) is 40.9 Å². The van der Waals surface area contributed by atoms with Gasteiger partial charge in [0.05, 0.1) is 5.69 Å². The Morgan fingerprint density at radius 2 is 1.91 bits per heavy atom. The molecule has 23 heavy (non-hydrogen) atoms. The lowest BCUT2D eigenvalue weighted by Gasteiger charge is -2.15. The second-order valence-corrected chi connectivity index (χ2v) is 6.79. The molecule has 0 bridgehead atoms. The van der Waals surface area contributed by atoms with E-state index >= 15 is 0 Å². The van der Waals surface area contributed by atoms with Crippen LogP contribution in [-0.2, 0) is 4.79 Å². The van der Waals surface area contributed by atoms with Crippen molar-refractivity contribution in [2.75, 3.05) is 0 Å². The van der Waals surface area contributed by atoms with Gasteiger partial charge in [0.2, 0.25) is 0 Å². The number of nitrogens with one attached hydrogen (secondary N) is 1. The van der Waals surface area contributed by atoms with Crippen molar-refractivity contribution in [2.45, 2.75) is 33.2 Å². The molecule has 0 fully saturated rings. The fraction of sp³-hybridized carbons (Fsp3) is 0.353. The van der Waals surface area contributed by atoms with Crippen LogP contribution in [0.3, 0.4) is 0 Å². The van der Waals surface area contributed by atoms with E-state index in [2.05, 4.69) is 10.3 Å². The first kappa shape index (κ1) is 17.1. The summed E-state index contributed by atoms with van der Waals surface area (Å²) in [5.41, 5.74) is 1.55. The fourth-order valence-corrected chi connectivity index (χ4v) is 3.20. The summed E-state index contributed by atoms with van der Waals surface area (Å²) >= 11 is 1.28. The molecule has 122 valence electrons. The summed E-state index contributed by atoms with van der Waals surface area (Å²) in [6, 6.07) is 8.71. The molecule has 2 rings (SSSR count). The van der Waals surface area contributed by atoms with E-state index in [-0.39, 0.29) is 11.8 Å². The highest BCUT2D eigenvalue weighted by Crippen LogP contribution is 2.27. The summed E-state index contributed by atoms with van der Waals surface area (Å²) in [6.07, 6.45) is 0.393. The molecular weight excluding hydrogens is 312 g/mol. The van der Waals surface area contributed by atoms with Gasteiger partial charge < -0.3 is 10.4 Å². The zero-order valence-electron chi connectivity index (χ0n) is 13.4. The van der Waals surface area contributed by atoms with Gasteiger partial charge in [0, 0.05) is 5.56 Å². The van der Waals surface area contributed by atoms with Crippen molar-refractivity contribution in [2.24, 2.45) is 5.92 Å². The molecule has 5 nitrogen and oxygen atoms in total. The Kier molecular flexibility index (Phi) is 5.50. The molecule has 0 saturated heterocycles. The Labute approximate surface area is 139 Å². The smallest absolute Gasteiger partial charge is 0.326 e. The van der Waals surface area contributed by atoms with Crippen molar-refractivity contribution in [1.82, 2.24) is 10.3 Å². The number of carboxylic acid groups (broad SMARTS) is 1. The highest BCUT2D eigenvalue weighted by Gasteiger charge is 2.24. The van der Waals surface area contributed by atoms with E-state index in [0.717, 1.165) is 10.6 Å². The number of nitrogens with zero attached hydrogens (tertiary/aromatic N) is 1. The summed E-state index contributed by atoms with van der Waals surface area (Å²) in [7, 11) is 0. The second-order valence-electron chi connectivity index (χ2n) is 5.79. The number of carbonyl (C=O) groups excluding carboxylic acids is 1. The number of aromatic nitrogens is 1. The van der Waals surface area contributed by atoms with Gasteiger partial charge in [-0.15, -0.1) is 11.3 Å². The fourth-order valence-electron chi connectivity index (χ4n) is 2.23. The number of hydrogen-bond donors (Lipinski definition) is 2. The van der Waals surface area contributed by atoms with Gasteiger partial charge >= 0.3 is 5.97 Å². The molecule has 0 saturated carbocycles. The number of hydrogen-bond acceptors (Lipinski definition) is 4. The summed E-state index contributed by atoms with van der Waals surface area (Å²) in [5, 5.41) is 12.6. The van der Waals surface area contributed by atoms with Crippen LogP contribution in [0.1, 0.15) is 35.6 Å². The van der Waals surface area contributed by atoms with E-state index in [0.29, 0.717) is 17.0 Å². The van der Waals surface area contributed by atoms with Crippen molar-refractivity contribution in [3.63, 3.8) is 0 Å². The largest absolute Gasteiger partial charge is 0.480 e. The molecule has 2 aromatic rings. The molecule has 0 aliphatic heterocycles. The average molecular weight is 332 g/mol. The van der Waals surface area contributed by atoms with Crippen LogP contribution in [-0.4, -0.2) is 28.0 Å². The predicted molar refractivity (Wildman–Crippen MR) is 90.6 cm³/mol. The maximum Gasteiger partial charge on any atom is 0.326 e. The summed E-state index contributed by atoms with van der Waals surface area (Å²) in [5.74, 6) is -1.22. The minimum absolute atomic E-state index is 0.179. The number of benzene rings is 1. The third-order valence-corrected chi connectivity index (χ3v) is 4.54. The highest BCUT2D eigenvalue weighted by atomic mass is 32.1. The number of aryl methyl sites for hydroxylation is 1. The van der Waals surface area contributed by atoms with E-state index in [1.165, 1.54) is 11.3 Å². The molecule has 2 N–H and O–H groups in total. The minimum atomic E-state index is -1.02. The van der Waals surface area contributed by atoms with Gasteiger partial charge in [-0.25, -0.2) is 9.78 Å². The molecule has 0 aliphatic rings. The van der Waals surface area contributed by atoms with Crippen LogP contribution in [0, 0.1) is 12.8 Å². The number of amides is 1. The molecule has 1 amide bonds. The van der Waals surface area contributed by atoms with Gasteiger partial charge in [0.1, 0.15) is 15.9 Å². The molecule has 1 aromatic heterocycles. The van der Waals surface area contributed by atoms with E-state index in [9.17, 15) is 14.7 Å². The van der Waals surface area contributed by atoms with Gasteiger partial charge in [-0.1, -0.05) is 44.2 Å². The van der Waals surface area contributed by atoms with E-state index in [1.807, 2.05) is 44.2 Å². The third-order valence-electron chi connectivity index (χ3n) is 3.33. The van der Waals surface area contributed by atoms with Crippen LogP contribution < -0.4 is 5.32 Å². The van der Waals surface area contributed by atoms with Gasteiger partial charge in [0.15, 0.2) is 0 Å². The molecule has 1 heterocycles. The summed E-state index contributed by atoms with van der Waals surface area (Å²) < 4.78 is 0. The monoisotopic (exact) mass is 332 g/mol. The first-order valence-electron chi connectivity index (χ1n) is 7.45. The molecule has 1 atom stereocenters. The van der Waals surface area contributed by atoms with Crippen LogP contribution in [0.25, 0.3) is 10.6 Å². The van der Waals surface area contributed by atoms with Crippen LogP contribution in [0.4, 0.5) is 0 Å². The quantitative estimate of drug-likeness (QED) is 0.850. The highest BCUT2D eigenvalue weighted by molar-refractivity contribution is 7.17. The van der Waals surface area contributed by atoms with E-state index < -0.39 is 12.0 Å². The molecule has 6 heteroatoms. The molecule has 0 unspecified atom stereocenters. The zero-order chi connectivity index (χ0) is 17.0. The van der Waals surface area contributed by atoms with Crippen molar-refractivity contribution >= 4 is 23.2 Å². The Hall–Kier alpha value is -2.21. The average Bonchev–Trinajstić information content (AvgIpc) is 2.89. The molecule has 0 spiro atoms. The lowest BCUT2D eigenvalue weighted by Crippen LogP contribution is -2.41. The first-order chi connectivity index (χ1) is 10.9. The minimum Gasteiger partial charge on any atom is -0.480 e. The third kappa shape index (κ3) is 4.39. The Bertz CT molecular complexity index is 695. The number of rotatable bonds is 6. The first-order valence-corrected chi connectivity index (χ1v) is 8.26. The van der Waals surface area contributed by atoms with Crippen LogP contribution in [0.2, 0.25) is 0 Å². The number of carboxylic acids is 1. The standard InChI is InChI=1S/C17H20N2O3S/c1-10(2)9-13(17(21)22)19-15(20)14-11(3)18-16(23-14)12-7-5-4-6-8-12/h4-8,10,13H,9H2,1-3H3,(H,19,20)(H,21,22)/t13-/m1/s1. The van der Waals surface area contributed by atoms with Crippen LogP contribution >= 0.6 is 11.3 Å².